The number of sulfone groups is 1. The van der Waals surface area contributed by atoms with Crippen LogP contribution in [0.15, 0.2) is 77.8 Å². The molecule has 0 radical (unpaired) electrons. The fourth-order valence-corrected chi connectivity index (χ4v) is 5.79. The standard InChI is InChI=1S/C24H23N3O3S2/c1-18-9-7-13-21-23(18)26-24(31-21)27(17-19-10-5-6-15-25-19)22(28)14-8-16-32(29,30)20-11-3-2-4-12-20/h2-7,9-13,15H,8,14,16-17H2,1H3. The number of para-hydroxylation sites is 1. The molecule has 0 atom stereocenters. The monoisotopic (exact) mass is 465 g/mol. The van der Waals surface area contributed by atoms with Gasteiger partial charge in [-0.05, 0) is 49.2 Å². The first-order valence-electron chi connectivity index (χ1n) is 10.3. The van der Waals surface area contributed by atoms with E-state index in [-0.39, 0.29) is 35.9 Å². The van der Waals surface area contributed by atoms with Crippen molar-refractivity contribution in [2.45, 2.75) is 31.2 Å². The van der Waals surface area contributed by atoms with E-state index in [0.717, 1.165) is 21.5 Å². The third-order valence-corrected chi connectivity index (χ3v) is 7.95. The van der Waals surface area contributed by atoms with Crippen molar-refractivity contribution in [2.75, 3.05) is 10.7 Å². The number of benzene rings is 2. The molecule has 1 amide bonds. The summed E-state index contributed by atoms with van der Waals surface area (Å²) < 4.78 is 26.1. The van der Waals surface area contributed by atoms with Gasteiger partial charge < -0.3 is 0 Å². The van der Waals surface area contributed by atoms with Gasteiger partial charge in [-0.1, -0.05) is 47.7 Å². The topological polar surface area (TPSA) is 80.2 Å². The summed E-state index contributed by atoms with van der Waals surface area (Å²) in [7, 11) is -3.43. The summed E-state index contributed by atoms with van der Waals surface area (Å²) in [6.45, 7) is 2.27. The predicted molar refractivity (Wildman–Crippen MR) is 128 cm³/mol. The van der Waals surface area contributed by atoms with Crippen LogP contribution in [-0.4, -0.2) is 30.0 Å². The zero-order valence-corrected chi connectivity index (χ0v) is 19.3. The number of rotatable bonds is 8. The van der Waals surface area contributed by atoms with Crippen LogP contribution >= 0.6 is 11.3 Å². The van der Waals surface area contributed by atoms with Crippen LogP contribution in [0.1, 0.15) is 24.1 Å². The second-order valence-corrected chi connectivity index (χ2v) is 10.6. The SMILES string of the molecule is Cc1cccc2sc(N(Cc3ccccn3)C(=O)CCCS(=O)(=O)c3ccccc3)nc12. The van der Waals surface area contributed by atoms with E-state index in [2.05, 4.69) is 4.98 Å². The maximum atomic E-state index is 13.2. The van der Waals surface area contributed by atoms with Crippen LogP contribution in [0.5, 0.6) is 0 Å². The van der Waals surface area contributed by atoms with Gasteiger partial charge in [-0.2, -0.15) is 0 Å². The van der Waals surface area contributed by atoms with E-state index in [4.69, 9.17) is 4.98 Å². The third kappa shape index (κ3) is 5.03. The Labute approximate surface area is 191 Å². The van der Waals surface area contributed by atoms with Crippen LogP contribution in [0, 0.1) is 6.92 Å². The maximum absolute atomic E-state index is 13.2. The molecule has 4 aromatic rings. The Morgan fingerprint density at radius 2 is 1.78 bits per heavy atom. The van der Waals surface area contributed by atoms with E-state index in [1.807, 2.05) is 43.3 Å². The molecule has 2 heterocycles. The lowest BCUT2D eigenvalue weighted by molar-refractivity contribution is -0.118. The van der Waals surface area contributed by atoms with Crippen LogP contribution in [0.3, 0.4) is 0 Å². The summed E-state index contributed by atoms with van der Waals surface area (Å²) in [6, 6.07) is 19.8. The highest BCUT2D eigenvalue weighted by atomic mass is 32.2. The molecule has 8 heteroatoms. The molecule has 0 fully saturated rings. The molecule has 164 valence electrons. The lowest BCUT2D eigenvalue weighted by atomic mass is 10.2. The Balaban J connectivity index is 1.54. The normalized spacial score (nSPS) is 11.5. The number of thiazole rings is 1. The van der Waals surface area contributed by atoms with E-state index >= 15 is 0 Å². The number of fused-ring (bicyclic) bond motifs is 1. The summed E-state index contributed by atoms with van der Waals surface area (Å²) in [5, 5.41) is 0.593. The fraction of sp³-hybridized carbons (Fsp3) is 0.208. The molecule has 0 aliphatic carbocycles. The van der Waals surface area contributed by atoms with Crippen molar-refractivity contribution >= 4 is 42.4 Å². The number of hydrogen-bond acceptors (Lipinski definition) is 6. The van der Waals surface area contributed by atoms with Crippen molar-refractivity contribution in [3.63, 3.8) is 0 Å². The summed E-state index contributed by atoms with van der Waals surface area (Å²) >= 11 is 1.45. The fourth-order valence-electron chi connectivity index (χ4n) is 3.40. The average molecular weight is 466 g/mol. The molecule has 0 bridgehead atoms. The zero-order chi connectivity index (χ0) is 22.6. The minimum atomic E-state index is -3.43. The van der Waals surface area contributed by atoms with Crippen LogP contribution in [0.4, 0.5) is 5.13 Å². The Bertz CT molecular complexity index is 1320. The summed E-state index contributed by atoms with van der Waals surface area (Å²) in [5.41, 5.74) is 2.66. The highest BCUT2D eigenvalue weighted by molar-refractivity contribution is 7.91. The van der Waals surface area contributed by atoms with Crippen LogP contribution in [0.2, 0.25) is 0 Å². The minimum absolute atomic E-state index is 0.0842. The number of hydrogen-bond donors (Lipinski definition) is 0. The Morgan fingerprint density at radius 1 is 1.00 bits per heavy atom. The molecule has 2 aromatic carbocycles. The molecule has 2 aromatic heterocycles. The van der Waals surface area contributed by atoms with E-state index in [0.29, 0.717) is 5.13 Å². The predicted octanol–water partition coefficient (Wildman–Crippen LogP) is 4.79. The molecule has 0 aliphatic rings. The van der Waals surface area contributed by atoms with Crippen molar-refractivity contribution in [3.8, 4) is 0 Å². The number of amides is 1. The molecule has 0 spiro atoms. The number of carbonyl (C=O) groups is 1. The molecule has 6 nitrogen and oxygen atoms in total. The summed E-state index contributed by atoms with van der Waals surface area (Å²) in [4.78, 5) is 24.1. The van der Waals surface area contributed by atoms with E-state index < -0.39 is 9.84 Å². The molecule has 0 aliphatic heterocycles. The number of anilines is 1. The number of nitrogens with zero attached hydrogens (tertiary/aromatic N) is 3. The van der Waals surface area contributed by atoms with Gasteiger partial charge in [0.05, 0.1) is 33.1 Å². The van der Waals surface area contributed by atoms with Gasteiger partial charge in [-0.3, -0.25) is 14.7 Å². The molecule has 0 saturated heterocycles. The van der Waals surface area contributed by atoms with Crippen molar-refractivity contribution < 1.29 is 13.2 Å². The Morgan fingerprint density at radius 3 is 2.50 bits per heavy atom. The smallest absolute Gasteiger partial charge is 0.229 e. The first-order valence-corrected chi connectivity index (χ1v) is 12.8. The van der Waals surface area contributed by atoms with Gasteiger partial charge in [-0.15, -0.1) is 0 Å². The highest BCUT2D eigenvalue weighted by Gasteiger charge is 2.22. The van der Waals surface area contributed by atoms with E-state index in [1.54, 1.807) is 41.4 Å². The highest BCUT2D eigenvalue weighted by Crippen LogP contribution is 2.31. The van der Waals surface area contributed by atoms with Gasteiger partial charge >= 0.3 is 0 Å². The summed E-state index contributed by atoms with van der Waals surface area (Å²) in [5.74, 6) is -0.255. The number of carbonyl (C=O) groups excluding carboxylic acids is 1. The molecular weight excluding hydrogens is 442 g/mol. The molecule has 4 rings (SSSR count). The van der Waals surface area contributed by atoms with Gasteiger partial charge in [0.15, 0.2) is 15.0 Å². The number of aryl methyl sites for hydroxylation is 1. The zero-order valence-electron chi connectivity index (χ0n) is 17.6. The molecule has 0 unspecified atom stereocenters. The second-order valence-electron chi connectivity index (χ2n) is 7.45. The van der Waals surface area contributed by atoms with Gasteiger partial charge in [0.2, 0.25) is 5.91 Å². The van der Waals surface area contributed by atoms with Crippen molar-refractivity contribution in [2.24, 2.45) is 0 Å². The minimum Gasteiger partial charge on any atom is -0.282 e. The second kappa shape index (κ2) is 9.58. The summed E-state index contributed by atoms with van der Waals surface area (Å²) in [6.07, 6.45) is 2.03. The third-order valence-electron chi connectivity index (χ3n) is 5.09. The number of pyridine rings is 1. The van der Waals surface area contributed by atoms with Crippen LogP contribution < -0.4 is 4.90 Å². The van der Waals surface area contributed by atoms with Gasteiger partial charge in [-0.25, -0.2) is 13.4 Å². The largest absolute Gasteiger partial charge is 0.282 e. The molecule has 32 heavy (non-hydrogen) atoms. The van der Waals surface area contributed by atoms with Gasteiger partial charge in [0.25, 0.3) is 0 Å². The maximum Gasteiger partial charge on any atom is 0.229 e. The van der Waals surface area contributed by atoms with Crippen LogP contribution in [-0.2, 0) is 21.2 Å². The first-order chi connectivity index (χ1) is 15.4. The van der Waals surface area contributed by atoms with E-state index in [9.17, 15) is 13.2 Å². The number of aromatic nitrogens is 2. The average Bonchev–Trinajstić information content (AvgIpc) is 3.24. The molecule has 0 saturated carbocycles. The van der Waals surface area contributed by atoms with Crippen molar-refractivity contribution in [1.82, 2.24) is 9.97 Å². The lowest BCUT2D eigenvalue weighted by Crippen LogP contribution is -2.30. The van der Waals surface area contributed by atoms with Crippen molar-refractivity contribution in [1.29, 1.82) is 0 Å². The van der Waals surface area contributed by atoms with Crippen molar-refractivity contribution in [3.05, 3.63) is 84.2 Å². The Hall–Kier alpha value is -3.10. The lowest BCUT2D eigenvalue weighted by Gasteiger charge is -2.19. The van der Waals surface area contributed by atoms with E-state index in [1.165, 1.54) is 11.3 Å². The molecular formula is C24H23N3O3S2. The van der Waals surface area contributed by atoms with Gasteiger partial charge in [0.1, 0.15) is 0 Å². The van der Waals surface area contributed by atoms with Gasteiger partial charge in [0, 0.05) is 12.6 Å². The van der Waals surface area contributed by atoms with Crippen LogP contribution in [0.25, 0.3) is 10.2 Å². The quantitative estimate of drug-likeness (QED) is 0.374. The first kappa shape index (κ1) is 22.1. The Kier molecular flexibility index (Phi) is 6.62. The molecule has 0 N–H and O–H groups in total.